The van der Waals surface area contributed by atoms with E-state index >= 15 is 0 Å². The highest BCUT2D eigenvalue weighted by Crippen LogP contribution is 2.24. The summed E-state index contributed by atoms with van der Waals surface area (Å²) in [4.78, 5) is 4.35. The number of aromatic nitrogens is 1. The third-order valence-electron chi connectivity index (χ3n) is 3.00. The van der Waals surface area contributed by atoms with Crippen LogP contribution in [-0.4, -0.2) is 11.5 Å². The first-order chi connectivity index (χ1) is 9.11. The van der Waals surface area contributed by atoms with Gasteiger partial charge in [-0.15, -0.1) is 0 Å². The summed E-state index contributed by atoms with van der Waals surface area (Å²) >= 11 is 5.86. The van der Waals surface area contributed by atoms with Crippen LogP contribution < -0.4 is 5.32 Å². The normalized spacial score (nSPS) is 12.4. The summed E-state index contributed by atoms with van der Waals surface area (Å²) in [5.41, 5.74) is 2.81. The van der Waals surface area contributed by atoms with E-state index in [0.717, 1.165) is 23.4 Å². The summed E-state index contributed by atoms with van der Waals surface area (Å²) in [6.45, 7) is 4.73. The first-order valence-corrected chi connectivity index (χ1v) is 6.60. The Kier molecular flexibility index (Phi) is 4.51. The van der Waals surface area contributed by atoms with E-state index < -0.39 is 0 Å². The summed E-state index contributed by atoms with van der Waals surface area (Å²) in [5.74, 6) is -0.222. The van der Waals surface area contributed by atoms with Crippen molar-refractivity contribution in [2.24, 2.45) is 0 Å². The molecule has 1 aromatic heterocycles. The molecule has 4 heteroatoms. The number of rotatable bonds is 4. The smallest absolute Gasteiger partial charge is 0.123 e. The topological polar surface area (TPSA) is 24.9 Å². The standard InChI is InChI=1S/C15H16ClFN2/c1-3-18-15(14-7-4-11(16)9-19-14)13-6-5-12(17)8-10(13)2/h4-9,15,18H,3H2,1-2H3. The second-order valence-electron chi connectivity index (χ2n) is 4.39. The predicted octanol–water partition coefficient (Wildman–Crippen LogP) is 3.88. The average Bonchev–Trinajstić information content (AvgIpc) is 2.38. The Bertz CT molecular complexity index is 555. The SMILES string of the molecule is CCNC(c1ccc(Cl)cn1)c1ccc(F)cc1C. The zero-order chi connectivity index (χ0) is 13.8. The van der Waals surface area contributed by atoms with Gasteiger partial charge in [0.05, 0.1) is 16.8 Å². The highest BCUT2D eigenvalue weighted by atomic mass is 35.5. The number of halogens is 2. The zero-order valence-corrected chi connectivity index (χ0v) is 11.7. The largest absolute Gasteiger partial charge is 0.305 e. The molecule has 100 valence electrons. The van der Waals surface area contributed by atoms with E-state index in [-0.39, 0.29) is 11.9 Å². The van der Waals surface area contributed by atoms with Gasteiger partial charge in [-0.3, -0.25) is 4.98 Å². The van der Waals surface area contributed by atoms with Crippen LogP contribution in [0.4, 0.5) is 4.39 Å². The van der Waals surface area contributed by atoms with Gasteiger partial charge in [-0.1, -0.05) is 24.6 Å². The fraction of sp³-hybridized carbons (Fsp3) is 0.267. The number of nitrogens with one attached hydrogen (secondary N) is 1. The minimum Gasteiger partial charge on any atom is -0.305 e. The second-order valence-corrected chi connectivity index (χ2v) is 4.83. The van der Waals surface area contributed by atoms with Crippen LogP contribution in [0.3, 0.4) is 0 Å². The molecule has 0 saturated heterocycles. The van der Waals surface area contributed by atoms with E-state index in [9.17, 15) is 4.39 Å². The molecule has 2 rings (SSSR count). The number of hydrogen-bond donors (Lipinski definition) is 1. The molecule has 2 nitrogen and oxygen atoms in total. The first-order valence-electron chi connectivity index (χ1n) is 6.22. The Balaban J connectivity index is 2.41. The lowest BCUT2D eigenvalue weighted by Gasteiger charge is -2.20. The molecule has 1 heterocycles. The van der Waals surface area contributed by atoms with Gasteiger partial charge in [0.15, 0.2) is 0 Å². The van der Waals surface area contributed by atoms with Crippen LogP contribution in [0.15, 0.2) is 36.5 Å². The van der Waals surface area contributed by atoms with Gasteiger partial charge in [-0.2, -0.15) is 0 Å². The molecule has 1 aromatic carbocycles. The van der Waals surface area contributed by atoms with Crippen LogP contribution in [-0.2, 0) is 0 Å². The minimum atomic E-state index is -0.222. The maximum absolute atomic E-state index is 13.2. The van der Waals surface area contributed by atoms with Gasteiger partial charge in [-0.25, -0.2) is 4.39 Å². The predicted molar refractivity (Wildman–Crippen MR) is 75.9 cm³/mol. The lowest BCUT2D eigenvalue weighted by molar-refractivity contribution is 0.601. The van der Waals surface area contributed by atoms with Crippen molar-refractivity contribution in [2.75, 3.05) is 6.54 Å². The molecule has 0 aliphatic heterocycles. The van der Waals surface area contributed by atoms with Crippen molar-refractivity contribution < 1.29 is 4.39 Å². The van der Waals surface area contributed by atoms with Crippen LogP contribution >= 0.6 is 11.6 Å². The highest BCUT2D eigenvalue weighted by molar-refractivity contribution is 6.30. The Morgan fingerprint density at radius 2 is 2.11 bits per heavy atom. The van der Waals surface area contributed by atoms with Crippen molar-refractivity contribution >= 4 is 11.6 Å². The van der Waals surface area contributed by atoms with Gasteiger partial charge < -0.3 is 5.32 Å². The number of aryl methyl sites for hydroxylation is 1. The quantitative estimate of drug-likeness (QED) is 0.918. The molecule has 1 unspecified atom stereocenters. The minimum absolute atomic E-state index is 0.0529. The van der Waals surface area contributed by atoms with Crippen LogP contribution in [0.5, 0.6) is 0 Å². The number of pyridine rings is 1. The van der Waals surface area contributed by atoms with Gasteiger partial charge in [0, 0.05) is 6.20 Å². The summed E-state index contributed by atoms with van der Waals surface area (Å²) in [6, 6.07) is 8.46. The number of hydrogen-bond acceptors (Lipinski definition) is 2. The molecular weight excluding hydrogens is 263 g/mol. The third kappa shape index (κ3) is 3.31. The average molecular weight is 279 g/mol. The van der Waals surface area contributed by atoms with Gasteiger partial charge in [0.2, 0.25) is 0 Å². The Hall–Kier alpha value is -1.45. The van der Waals surface area contributed by atoms with Crippen molar-refractivity contribution in [3.63, 3.8) is 0 Å². The van der Waals surface area contributed by atoms with Gasteiger partial charge in [-0.05, 0) is 48.9 Å². The second kappa shape index (κ2) is 6.13. The molecule has 0 saturated carbocycles. The highest BCUT2D eigenvalue weighted by Gasteiger charge is 2.16. The van der Waals surface area contributed by atoms with Crippen molar-refractivity contribution in [1.29, 1.82) is 0 Å². The first kappa shape index (κ1) is 14.0. The van der Waals surface area contributed by atoms with Gasteiger partial charge in [0.25, 0.3) is 0 Å². The molecule has 0 radical (unpaired) electrons. The van der Waals surface area contributed by atoms with E-state index in [1.807, 2.05) is 26.0 Å². The van der Waals surface area contributed by atoms with Crippen LogP contribution in [0.1, 0.15) is 29.8 Å². The van der Waals surface area contributed by atoms with Crippen molar-refractivity contribution in [3.05, 3.63) is 64.2 Å². The van der Waals surface area contributed by atoms with Crippen LogP contribution in [0, 0.1) is 12.7 Å². The van der Waals surface area contributed by atoms with Gasteiger partial charge >= 0.3 is 0 Å². The molecule has 1 atom stereocenters. The van der Waals surface area contributed by atoms with Crippen molar-refractivity contribution in [1.82, 2.24) is 10.3 Å². The number of nitrogens with zero attached hydrogens (tertiary/aromatic N) is 1. The molecule has 0 aliphatic rings. The maximum atomic E-state index is 13.2. The summed E-state index contributed by atoms with van der Waals surface area (Å²) in [7, 11) is 0. The monoisotopic (exact) mass is 278 g/mol. The van der Waals surface area contributed by atoms with Gasteiger partial charge in [0.1, 0.15) is 5.82 Å². The van der Waals surface area contributed by atoms with E-state index in [1.165, 1.54) is 12.1 Å². The molecule has 0 amide bonds. The van der Waals surface area contributed by atoms with Crippen LogP contribution in [0.25, 0.3) is 0 Å². The van der Waals surface area contributed by atoms with Crippen LogP contribution in [0.2, 0.25) is 5.02 Å². The van der Waals surface area contributed by atoms with E-state index in [0.29, 0.717) is 5.02 Å². The zero-order valence-electron chi connectivity index (χ0n) is 11.0. The molecule has 0 fully saturated rings. The molecule has 0 aliphatic carbocycles. The fourth-order valence-electron chi connectivity index (χ4n) is 2.10. The lowest BCUT2D eigenvalue weighted by atomic mass is 9.98. The summed E-state index contributed by atoms with van der Waals surface area (Å²) in [6.07, 6.45) is 1.63. The Labute approximate surface area is 117 Å². The molecule has 2 aromatic rings. The van der Waals surface area contributed by atoms with Crippen molar-refractivity contribution in [2.45, 2.75) is 19.9 Å². The summed E-state index contributed by atoms with van der Waals surface area (Å²) < 4.78 is 13.2. The Morgan fingerprint density at radius 1 is 1.32 bits per heavy atom. The Morgan fingerprint density at radius 3 is 2.68 bits per heavy atom. The lowest BCUT2D eigenvalue weighted by Crippen LogP contribution is -2.23. The molecule has 1 N–H and O–H groups in total. The summed E-state index contributed by atoms with van der Waals surface area (Å²) in [5, 5.41) is 3.97. The molecule has 0 bridgehead atoms. The van der Waals surface area contributed by atoms with Crippen molar-refractivity contribution in [3.8, 4) is 0 Å². The maximum Gasteiger partial charge on any atom is 0.123 e. The molecular formula is C15H16ClFN2. The number of benzene rings is 1. The molecule has 19 heavy (non-hydrogen) atoms. The van der Waals surface area contributed by atoms with E-state index in [2.05, 4.69) is 10.3 Å². The fourth-order valence-corrected chi connectivity index (χ4v) is 2.21. The third-order valence-corrected chi connectivity index (χ3v) is 3.22. The molecule has 0 spiro atoms. The van der Waals surface area contributed by atoms with E-state index in [4.69, 9.17) is 11.6 Å². The van der Waals surface area contributed by atoms with E-state index in [1.54, 1.807) is 12.3 Å².